The smallest absolute Gasteiger partial charge is 0.213 e. The molecule has 8 heteroatoms. The molecule has 4 rings (SSSR count). The number of rotatable bonds is 6. The quantitative estimate of drug-likeness (QED) is 0.487. The molecule has 0 aliphatic heterocycles. The van der Waals surface area contributed by atoms with Crippen molar-refractivity contribution in [1.29, 1.82) is 0 Å². The summed E-state index contributed by atoms with van der Waals surface area (Å²) in [5.74, 6) is 2.54. The standard InChI is InChI=1S/C20H19N3O4S/c1-24-14-7-5-12(6-8-14)15-11-23-20(21-15)28-19(22-23)13-9-16(25-2)18(27-4)17(10-13)26-3/h5-11H,1-4H3. The van der Waals surface area contributed by atoms with Gasteiger partial charge in [-0.15, -0.1) is 0 Å². The number of imidazole rings is 1. The van der Waals surface area contributed by atoms with Crippen LogP contribution >= 0.6 is 11.3 Å². The Morgan fingerprint density at radius 3 is 2.04 bits per heavy atom. The van der Waals surface area contributed by atoms with Crippen LogP contribution in [0.3, 0.4) is 0 Å². The van der Waals surface area contributed by atoms with Crippen LogP contribution in [0.25, 0.3) is 26.8 Å². The second-order valence-corrected chi connectivity index (χ2v) is 6.86. The SMILES string of the molecule is COc1ccc(-c2cn3nc(-c4cc(OC)c(OC)c(OC)c4)sc3n2)cc1. The van der Waals surface area contributed by atoms with Gasteiger partial charge >= 0.3 is 0 Å². The molecule has 0 aliphatic rings. The predicted molar refractivity (Wildman–Crippen MR) is 108 cm³/mol. The first-order valence-corrected chi connectivity index (χ1v) is 9.29. The molecular weight excluding hydrogens is 378 g/mol. The monoisotopic (exact) mass is 397 g/mol. The summed E-state index contributed by atoms with van der Waals surface area (Å²) in [5.41, 5.74) is 2.74. The highest BCUT2D eigenvalue weighted by Gasteiger charge is 2.17. The van der Waals surface area contributed by atoms with Crippen LogP contribution in [0.1, 0.15) is 0 Å². The van der Waals surface area contributed by atoms with E-state index in [2.05, 4.69) is 5.10 Å². The van der Waals surface area contributed by atoms with Gasteiger partial charge < -0.3 is 18.9 Å². The lowest BCUT2D eigenvalue weighted by Crippen LogP contribution is -1.95. The van der Waals surface area contributed by atoms with Crippen LogP contribution < -0.4 is 18.9 Å². The summed E-state index contributed by atoms with van der Waals surface area (Å²) in [6.07, 6.45) is 1.91. The van der Waals surface area contributed by atoms with Gasteiger partial charge in [-0.3, -0.25) is 0 Å². The van der Waals surface area contributed by atoms with Gasteiger partial charge in [0, 0.05) is 11.1 Å². The molecule has 0 fully saturated rings. The molecule has 0 bridgehead atoms. The summed E-state index contributed by atoms with van der Waals surface area (Å²) in [5, 5.41) is 5.47. The van der Waals surface area contributed by atoms with E-state index in [4.69, 9.17) is 23.9 Å². The molecule has 0 spiro atoms. The minimum atomic E-state index is 0.553. The summed E-state index contributed by atoms with van der Waals surface area (Å²) in [6.45, 7) is 0. The lowest BCUT2D eigenvalue weighted by atomic mass is 10.2. The molecule has 28 heavy (non-hydrogen) atoms. The van der Waals surface area contributed by atoms with Crippen molar-refractivity contribution in [3.8, 4) is 44.8 Å². The van der Waals surface area contributed by atoms with Gasteiger partial charge in [-0.1, -0.05) is 11.3 Å². The number of benzene rings is 2. The Morgan fingerprint density at radius 2 is 1.50 bits per heavy atom. The molecule has 0 atom stereocenters. The van der Waals surface area contributed by atoms with E-state index in [0.717, 1.165) is 32.5 Å². The maximum absolute atomic E-state index is 5.43. The first-order chi connectivity index (χ1) is 13.7. The maximum Gasteiger partial charge on any atom is 0.213 e. The van der Waals surface area contributed by atoms with E-state index in [1.54, 1.807) is 33.0 Å². The summed E-state index contributed by atoms with van der Waals surface area (Å²) < 4.78 is 23.2. The number of methoxy groups -OCH3 is 4. The third kappa shape index (κ3) is 3.11. The Morgan fingerprint density at radius 1 is 0.821 bits per heavy atom. The van der Waals surface area contributed by atoms with Crippen LogP contribution in [-0.2, 0) is 0 Å². The molecule has 4 aromatic rings. The molecule has 0 saturated heterocycles. The third-order valence-corrected chi connectivity index (χ3v) is 5.31. The average Bonchev–Trinajstić information content (AvgIpc) is 3.32. The molecular formula is C20H19N3O4S. The van der Waals surface area contributed by atoms with Crippen molar-refractivity contribution in [2.45, 2.75) is 0 Å². The Kier molecular flexibility index (Phi) is 4.79. The van der Waals surface area contributed by atoms with Gasteiger partial charge in [0.1, 0.15) is 10.8 Å². The van der Waals surface area contributed by atoms with Crippen molar-refractivity contribution in [1.82, 2.24) is 14.6 Å². The largest absolute Gasteiger partial charge is 0.497 e. The average molecular weight is 397 g/mol. The van der Waals surface area contributed by atoms with Crippen LogP contribution in [0.2, 0.25) is 0 Å². The van der Waals surface area contributed by atoms with Gasteiger partial charge in [-0.2, -0.15) is 5.10 Å². The van der Waals surface area contributed by atoms with Crippen molar-refractivity contribution >= 4 is 16.3 Å². The zero-order chi connectivity index (χ0) is 19.7. The predicted octanol–water partition coefficient (Wildman–Crippen LogP) is 4.16. The van der Waals surface area contributed by atoms with Crippen molar-refractivity contribution in [2.24, 2.45) is 0 Å². The summed E-state index contributed by atoms with van der Waals surface area (Å²) in [4.78, 5) is 5.50. The minimum absolute atomic E-state index is 0.553. The maximum atomic E-state index is 5.43. The van der Waals surface area contributed by atoms with E-state index < -0.39 is 0 Å². The van der Waals surface area contributed by atoms with E-state index in [1.807, 2.05) is 42.6 Å². The molecule has 0 saturated carbocycles. The van der Waals surface area contributed by atoms with Crippen molar-refractivity contribution < 1.29 is 18.9 Å². The molecule has 0 radical (unpaired) electrons. The molecule has 0 aliphatic carbocycles. The molecule has 0 N–H and O–H groups in total. The number of hydrogen-bond donors (Lipinski definition) is 0. The van der Waals surface area contributed by atoms with Crippen molar-refractivity contribution in [3.05, 3.63) is 42.6 Å². The number of nitrogens with zero attached hydrogens (tertiary/aromatic N) is 3. The van der Waals surface area contributed by atoms with Gasteiger partial charge in [0.05, 0.1) is 40.3 Å². The van der Waals surface area contributed by atoms with E-state index in [-0.39, 0.29) is 0 Å². The normalized spacial score (nSPS) is 10.9. The van der Waals surface area contributed by atoms with Gasteiger partial charge in [0.2, 0.25) is 10.7 Å². The van der Waals surface area contributed by atoms with Crippen molar-refractivity contribution in [2.75, 3.05) is 28.4 Å². The second-order valence-electron chi connectivity index (χ2n) is 5.90. The molecule has 144 valence electrons. The Balaban J connectivity index is 1.72. The fourth-order valence-corrected chi connectivity index (χ4v) is 3.79. The van der Waals surface area contributed by atoms with Crippen LogP contribution in [0.15, 0.2) is 42.6 Å². The highest BCUT2D eigenvalue weighted by atomic mass is 32.1. The lowest BCUT2D eigenvalue weighted by molar-refractivity contribution is 0.324. The van der Waals surface area contributed by atoms with Gasteiger partial charge in [-0.25, -0.2) is 9.50 Å². The number of hydrogen-bond acceptors (Lipinski definition) is 7. The number of fused-ring (bicyclic) bond motifs is 1. The third-order valence-electron chi connectivity index (χ3n) is 4.34. The highest BCUT2D eigenvalue weighted by molar-refractivity contribution is 7.19. The van der Waals surface area contributed by atoms with E-state index >= 15 is 0 Å². The topological polar surface area (TPSA) is 67.1 Å². The van der Waals surface area contributed by atoms with Crippen LogP contribution in [0, 0.1) is 0 Å². The first kappa shape index (κ1) is 18.1. The molecule has 0 amide bonds. The highest BCUT2D eigenvalue weighted by Crippen LogP contribution is 2.42. The minimum Gasteiger partial charge on any atom is -0.497 e. The second kappa shape index (κ2) is 7.40. The lowest BCUT2D eigenvalue weighted by Gasteiger charge is -2.13. The summed E-state index contributed by atoms with van der Waals surface area (Å²) >= 11 is 1.49. The molecule has 2 aromatic heterocycles. The van der Waals surface area contributed by atoms with E-state index in [0.29, 0.717) is 17.2 Å². The Bertz CT molecular complexity index is 1060. The molecule has 2 heterocycles. The first-order valence-electron chi connectivity index (χ1n) is 8.48. The fourth-order valence-electron chi connectivity index (χ4n) is 2.92. The van der Waals surface area contributed by atoms with Gasteiger partial charge in [-0.05, 0) is 36.4 Å². The fraction of sp³-hybridized carbons (Fsp3) is 0.200. The Hall–Kier alpha value is -3.26. The van der Waals surface area contributed by atoms with E-state index in [1.165, 1.54) is 11.3 Å². The van der Waals surface area contributed by atoms with Gasteiger partial charge in [0.15, 0.2) is 11.5 Å². The van der Waals surface area contributed by atoms with Crippen LogP contribution in [0.4, 0.5) is 0 Å². The van der Waals surface area contributed by atoms with Crippen LogP contribution in [-0.4, -0.2) is 43.0 Å². The molecule has 0 unspecified atom stereocenters. The number of aromatic nitrogens is 3. The zero-order valence-electron chi connectivity index (χ0n) is 15.9. The summed E-state index contributed by atoms with van der Waals surface area (Å²) in [6, 6.07) is 11.5. The van der Waals surface area contributed by atoms with E-state index in [9.17, 15) is 0 Å². The van der Waals surface area contributed by atoms with Crippen LogP contribution in [0.5, 0.6) is 23.0 Å². The number of ether oxygens (including phenoxy) is 4. The van der Waals surface area contributed by atoms with Crippen molar-refractivity contribution in [3.63, 3.8) is 0 Å². The zero-order valence-corrected chi connectivity index (χ0v) is 16.7. The molecule has 7 nitrogen and oxygen atoms in total. The van der Waals surface area contributed by atoms with Gasteiger partial charge in [0.25, 0.3) is 0 Å². The molecule has 2 aromatic carbocycles. The Labute approximate surface area is 166 Å². The summed E-state index contributed by atoms with van der Waals surface area (Å²) in [7, 11) is 6.42.